The molecule has 0 aromatic carbocycles. The summed E-state index contributed by atoms with van der Waals surface area (Å²) in [5, 5.41) is 0.0419. The second kappa shape index (κ2) is 4.31. The molecular weight excluding hydrogens is 234 g/mol. The Bertz CT molecular complexity index is 364. The first-order valence-electron chi connectivity index (χ1n) is 4.58. The summed E-state index contributed by atoms with van der Waals surface area (Å²) in [4.78, 5) is 6.23. The number of rotatable bonds is 1. The third-order valence-corrected chi connectivity index (χ3v) is 5.47. The van der Waals surface area contributed by atoms with E-state index in [0.717, 1.165) is 0 Å². The van der Waals surface area contributed by atoms with Gasteiger partial charge in [0.2, 0.25) is 10.0 Å². The SMILES string of the molecule is CSC1=NC(N(C)C)C(C)S(=O)(=O)N1C. The average Bonchev–Trinajstić information content (AvgIpc) is 2.15. The number of nitrogens with zero attached hydrogens (tertiary/aromatic N) is 3. The molecule has 0 aliphatic carbocycles. The molecule has 88 valence electrons. The molecule has 0 aromatic rings. The topological polar surface area (TPSA) is 53.0 Å². The first-order chi connectivity index (χ1) is 6.82. The zero-order valence-corrected chi connectivity index (χ0v) is 11.3. The van der Waals surface area contributed by atoms with Crippen LogP contribution in [0.15, 0.2) is 4.99 Å². The van der Waals surface area contributed by atoms with Crippen molar-refractivity contribution in [3.8, 4) is 0 Å². The van der Waals surface area contributed by atoms with E-state index in [4.69, 9.17) is 0 Å². The standard InChI is InChI=1S/C8H17N3O2S2/c1-6-7(10(2)3)9-8(14-5)11(4)15(6,12)13/h6-7H,1-5H3. The van der Waals surface area contributed by atoms with Crippen LogP contribution in [0.1, 0.15) is 6.92 Å². The molecule has 2 atom stereocenters. The fourth-order valence-corrected chi connectivity index (χ4v) is 3.91. The van der Waals surface area contributed by atoms with Crippen molar-refractivity contribution in [1.82, 2.24) is 9.21 Å². The molecule has 0 aromatic heterocycles. The monoisotopic (exact) mass is 251 g/mol. The molecule has 0 fully saturated rings. The molecule has 0 saturated heterocycles. The van der Waals surface area contributed by atoms with Crippen molar-refractivity contribution in [3.63, 3.8) is 0 Å². The van der Waals surface area contributed by atoms with Gasteiger partial charge in [0.15, 0.2) is 5.17 Å². The third kappa shape index (κ3) is 2.14. The smallest absolute Gasteiger partial charge is 0.242 e. The number of aliphatic imine (C=N–C) groups is 1. The quantitative estimate of drug-likeness (QED) is 0.671. The highest BCUT2D eigenvalue weighted by atomic mass is 32.2. The second-order valence-corrected chi connectivity index (χ2v) is 6.81. The zero-order valence-electron chi connectivity index (χ0n) is 9.63. The molecule has 1 aliphatic heterocycles. The predicted molar refractivity (Wildman–Crippen MR) is 64.6 cm³/mol. The van der Waals surface area contributed by atoms with Crippen LogP contribution in [0.2, 0.25) is 0 Å². The van der Waals surface area contributed by atoms with Crippen LogP contribution in [0.3, 0.4) is 0 Å². The van der Waals surface area contributed by atoms with Gasteiger partial charge in [0.05, 0.1) is 0 Å². The Morgan fingerprint density at radius 3 is 2.40 bits per heavy atom. The molecule has 0 amide bonds. The van der Waals surface area contributed by atoms with Crippen molar-refractivity contribution < 1.29 is 8.42 Å². The van der Waals surface area contributed by atoms with Gasteiger partial charge in [-0.2, -0.15) is 0 Å². The molecule has 0 radical (unpaired) electrons. The van der Waals surface area contributed by atoms with Crippen LogP contribution in [0.25, 0.3) is 0 Å². The van der Waals surface area contributed by atoms with Gasteiger partial charge in [0.25, 0.3) is 0 Å². The Balaban J connectivity index is 3.21. The van der Waals surface area contributed by atoms with E-state index in [2.05, 4.69) is 4.99 Å². The van der Waals surface area contributed by atoms with Gasteiger partial charge >= 0.3 is 0 Å². The van der Waals surface area contributed by atoms with E-state index in [1.165, 1.54) is 16.1 Å². The van der Waals surface area contributed by atoms with E-state index >= 15 is 0 Å². The Morgan fingerprint density at radius 1 is 1.47 bits per heavy atom. The van der Waals surface area contributed by atoms with Crippen molar-refractivity contribution in [2.24, 2.45) is 4.99 Å². The van der Waals surface area contributed by atoms with Gasteiger partial charge in [-0.1, -0.05) is 11.8 Å². The second-order valence-electron chi connectivity index (χ2n) is 3.71. The molecule has 1 heterocycles. The minimum absolute atomic E-state index is 0.298. The molecular formula is C8H17N3O2S2. The predicted octanol–water partition coefficient (Wildman–Crippen LogP) is 0.257. The fraction of sp³-hybridized carbons (Fsp3) is 0.875. The summed E-state index contributed by atoms with van der Waals surface area (Å²) in [6, 6.07) is 0. The maximum absolute atomic E-state index is 12.0. The Labute approximate surface area is 95.6 Å². The van der Waals surface area contributed by atoms with Crippen LogP contribution in [-0.4, -0.2) is 61.6 Å². The van der Waals surface area contributed by atoms with E-state index in [1.807, 2.05) is 25.3 Å². The van der Waals surface area contributed by atoms with Crippen molar-refractivity contribution in [1.29, 1.82) is 0 Å². The van der Waals surface area contributed by atoms with Gasteiger partial charge in [0.1, 0.15) is 11.4 Å². The Hall–Kier alpha value is -0.270. The third-order valence-electron chi connectivity index (χ3n) is 2.50. The highest BCUT2D eigenvalue weighted by Gasteiger charge is 2.39. The van der Waals surface area contributed by atoms with Crippen molar-refractivity contribution in [3.05, 3.63) is 0 Å². The zero-order chi connectivity index (χ0) is 11.8. The molecule has 0 spiro atoms. The van der Waals surface area contributed by atoms with Gasteiger partial charge < -0.3 is 0 Å². The van der Waals surface area contributed by atoms with E-state index in [9.17, 15) is 8.42 Å². The van der Waals surface area contributed by atoms with E-state index in [1.54, 1.807) is 14.0 Å². The van der Waals surface area contributed by atoms with E-state index < -0.39 is 15.3 Å². The normalized spacial score (nSPS) is 30.5. The summed E-state index contributed by atoms with van der Waals surface area (Å²) in [5.41, 5.74) is 0. The van der Waals surface area contributed by atoms with Crippen LogP contribution in [0.5, 0.6) is 0 Å². The van der Waals surface area contributed by atoms with Crippen molar-refractivity contribution in [2.45, 2.75) is 18.3 Å². The lowest BCUT2D eigenvalue weighted by Gasteiger charge is -2.35. The van der Waals surface area contributed by atoms with E-state index in [0.29, 0.717) is 5.17 Å². The maximum atomic E-state index is 12.0. The Morgan fingerprint density at radius 2 is 2.00 bits per heavy atom. The van der Waals surface area contributed by atoms with Crippen LogP contribution in [0, 0.1) is 0 Å². The number of amidine groups is 1. The number of thioether (sulfide) groups is 1. The minimum atomic E-state index is -3.26. The van der Waals surface area contributed by atoms with Gasteiger partial charge in [-0.15, -0.1) is 0 Å². The summed E-state index contributed by atoms with van der Waals surface area (Å²) in [5.74, 6) is 0. The average molecular weight is 251 g/mol. The molecule has 5 nitrogen and oxygen atoms in total. The molecule has 2 unspecified atom stereocenters. The summed E-state index contributed by atoms with van der Waals surface area (Å²) in [6.07, 6.45) is 1.53. The lowest BCUT2D eigenvalue weighted by Crippen LogP contribution is -2.52. The maximum Gasteiger partial charge on any atom is 0.242 e. The summed E-state index contributed by atoms with van der Waals surface area (Å²) in [7, 11) is 1.97. The van der Waals surface area contributed by atoms with E-state index in [-0.39, 0.29) is 6.17 Å². The molecule has 7 heteroatoms. The minimum Gasteiger partial charge on any atom is -0.287 e. The van der Waals surface area contributed by atoms with Gasteiger partial charge in [-0.3, -0.25) is 9.21 Å². The lowest BCUT2D eigenvalue weighted by molar-refractivity contribution is 0.287. The van der Waals surface area contributed by atoms with Crippen LogP contribution in [-0.2, 0) is 10.0 Å². The Kier molecular flexibility index (Phi) is 3.67. The molecule has 15 heavy (non-hydrogen) atoms. The highest BCUT2D eigenvalue weighted by Crippen LogP contribution is 2.24. The molecule has 1 rings (SSSR count). The first-order valence-corrected chi connectivity index (χ1v) is 7.31. The molecule has 0 bridgehead atoms. The van der Waals surface area contributed by atoms with Gasteiger partial charge in [0, 0.05) is 7.05 Å². The summed E-state index contributed by atoms with van der Waals surface area (Å²) in [6.45, 7) is 1.69. The summed E-state index contributed by atoms with van der Waals surface area (Å²) < 4.78 is 25.3. The molecule has 1 aliphatic rings. The highest BCUT2D eigenvalue weighted by molar-refractivity contribution is 8.14. The molecule has 0 N–H and O–H groups in total. The number of sulfonamides is 1. The largest absolute Gasteiger partial charge is 0.287 e. The summed E-state index contributed by atoms with van der Waals surface area (Å²) >= 11 is 1.35. The number of hydrogen-bond donors (Lipinski definition) is 0. The first kappa shape index (κ1) is 12.8. The van der Waals surface area contributed by atoms with Crippen LogP contribution >= 0.6 is 11.8 Å². The lowest BCUT2D eigenvalue weighted by atomic mass is 10.3. The molecule has 0 saturated carbocycles. The van der Waals surface area contributed by atoms with Crippen LogP contribution in [0.4, 0.5) is 0 Å². The van der Waals surface area contributed by atoms with Crippen molar-refractivity contribution >= 4 is 27.0 Å². The van der Waals surface area contributed by atoms with Crippen molar-refractivity contribution in [2.75, 3.05) is 27.4 Å². The van der Waals surface area contributed by atoms with Gasteiger partial charge in [-0.25, -0.2) is 13.4 Å². The van der Waals surface area contributed by atoms with Crippen LogP contribution < -0.4 is 0 Å². The fourth-order valence-electron chi connectivity index (χ4n) is 1.53. The number of hydrogen-bond acceptors (Lipinski definition) is 5. The van der Waals surface area contributed by atoms with Gasteiger partial charge in [-0.05, 0) is 27.3 Å².